The molecule has 0 atom stereocenters. The summed E-state index contributed by atoms with van der Waals surface area (Å²) in [7, 11) is 0. The molecule has 4 aromatic rings. The summed E-state index contributed by atoms with van der Waals surface area (Å²) in [5, 5.41) is 0. The summed E-state index contributed by atoms with van der Waals surface area (Å²) in [6, 6.07) is 23.5. The fourth-order valence-electron chi connectivity index (χ4n) is 2.84. The molecule has 0 spiro atoms. The molecule has 0 saturated carbocycles. The Morgan fingerprint density at radius 1 is 0.720 bits per heavy atom. The molecule has 4 nitrogen and oxygen atoms in total. The first-order valence-electron chi connectivity index (χ1n) is 7.92. The first kappa shape index (κ1) is 15.0. The molecule has 0 aliphatic rings. The summed E-state index contributed by atoms with van der Waals surface area (Å²) in [6.45, 7) is 0. The molecule has 0 N–H and O–H groups in total. The number of rotatable bonds is 4. The number of carbonyl (C=O) groups is 2. The summed E-state index contributed by atoms with van der Waals surface area (Å²) in [5.74, 6) is -1.10. The topological polar surface area (TPSA) is 51.4 Å². The third-order valence-electron chi connectivity index (χ3n) is 4.03. The van der Waals surface area contributed by atoms with Crippen molar-refractivity contribution in [1.29, 1.82) is 0 Å². The van der Waals surface area contributed by atoms with Crippen LogP contribution < -0.4 is 0 Å². The number of hydrogen-bond donors (Lipinski definition) is 0. The van der Waals surface area contributed by atoms with Crippen molar-refractivity contribution >= 4 is 17.2 Å². The number of ketones is 2. The van der Waals surface area contributed by atoms with Crippen LogP contribution in [0.25, 0.3) is 16.9 Å². The van der Waals surface area contributed by atoms with Gasteiger partial charge >= 0.3 is 0 Å². The Bertz CT molecular complexity index is 1070. The van der Waals surface area contributed by atoms with Gasteiger partial charge in [-0.3, -0.25) is 14.0 Å². The first-order chi connectivity index (χ1) is 12.3. The highest BCUT2D eigenvalue weighted by Gasteiger charge is 2.26. The largest absolute Gasteiger partial charge is 0.296 e. The zero-order chi connectivity index (χ0) is 17.2. The molecule has 2 aromatic carbocycles. The van der Waals surface area contributed by atoms with Crippen LogP contribution in [0.2, 0.25) is 0 Å². The third-order valence-corrected chi connectivity index (χ3v) is 4.03. The minimum atomic E-state index is -0.566. The Balaban J connectivity index is 1.91. The number of benzene rings is 2. The maximum atomic E-state index is 13.0. The van der Waals surface area contributed by atoms with E-state index in [1.54, 1.807) is 34.9 Å². The van der Waals surface area contributed by atoms with Crippen molar-refractivity contribution in [2.24, 2.45) is 0 Å². The van der Waals surface area contributed by atoms with E-state index in [0.717, 1.165) is 5.56 Å². The highest BCUT2D eigenvalue weighted by atomic mass is 16.2. The summed E-state index contributed by atoms with van der Waals surface area (Å²) < 4.78 is 1.67. The molecule has 0 saturated heterocycles. The number of fused-ring (bicyclic) bond motifs is 1. The molecule has 0 unspecified atom stereocenters. The van der Waals surface area contributed by atoms with Crippen LogP contribution in [-0.2, 0) is 0 Å². The SMILES string of the molecule is O=C(C(=O)c1c(-c2ccccc2)nc2ccccn12)c1ccccc1. The highest BCUT2D eigenvalue weighted by molar-refractivity contribution is 6.49. The highest BCUT2D eigenvalue weighted by Crippen LogP contribution is 2.25. The monoisotopic (exact) mass is 326 g/mol. The van der Waals surface area contributed by atoms with Gasteiger partial charge in [-0.05, 0) is 12.1 Å². The number of imidazole rings is 1. The number of pyridine rings is 1. The molecule has 25 heavy (non-hydrogen) atoms. The van der Waals surface area contributed by atoms with Gasteiger partial charge in [-0.1, -0.05) is 66.7 Å². The molecular formula is C21H14N2O2. The molecule has 0 radical (unpaired) electrons. The number of nitrogens with zero attached hydrogens (tertiary/aromatic N) is 2. The van der Waals surface area contributed by atoms with Crippen molar-refractivity contribution < 1.29 is 9.59 Å². The minimum absolute atomic E-state index is 0.288. The van der Waals surface area contributed by atoms with Gasteiger partial charge in [0.05, 0.1) is 0 Å². The Morgan fingerprint density at radius 2 is 1.36 bits per heavy atom. The van der Waals surface area contributed by atoms with E-state index in [1.165, 1.54) is 0 Å². The Hall–Kier alpha value is -3.53. The van der Waals surface area contributed by atoms with E-state index in [1.807, 2.05) is 54.6 Å². The second kappa shape index (κ2) is 6.17. The van der Waals surface area contributed by atoms with Crippen LogP contribution in [0.3, 0.4) is 0 Å². The number of hydrogen-bond acceptors (Lipinski definition) is 3. The lowest BCUT2D eigenvalue weighted by Gasteiger charge is -2.04. The second-order valence-electron chi connectivity index (χ2n) is 5.63. The van der Waals surface area contributed by atoms with Gasteiger partial charge in [0.25, 0.3) is 5.78 Å². The lowest BCUT2D eigenvalue weighted by molar-refractivity contribution is 0.0814. The fraction of sp³-hybridized carbons (Fsp3) is 0. The standard InChI is InChI=1S/C21H14N2O2/c24-20(16-11-5-2-6-12-16)21(25)19-18(15-9-3-1-4-10-15)22-17-13-7-8-14-23(17)19/h1-14H. The molecule has 0 fully saturated rings. The van der Waals surface area contributed by atoms with Gasteiger partial charge in [0, 0.05) is 17.3 Å². The molecule has 0 aliphatic carbocycles. The van der Waals surface area contributed by atoms with Crippen molar-refractivity contribution in [1.82, 2.24) is 9.38 Å². The maximum Gasteiger partial charge on any atom is 0.252 e. The van der Waals surface area contributed by atoms with Gasteiger partial charge in [0.1, 0.15) is 17.0 Å². The van der Waals surface area contributed by atoms with E-state index in [-0.39, 0.29) is 5.69 Å². The molecule has 4 heteroatoms. The zero-order valence-electron chi connectivity index (χ0n) is 13.3. The van der Waals surface area contributed by atoms with Crippen molar-refractivity contribution in [2.45, 2.75) is 0 Å². The minimum Gasteiger partial charge on any atom is -0.296 e. The Labute approximate surface area is 144 Å². The molecule has 0 bridgehead atoms. The van der Waals surface area contributed by atoms with Crippen LogP contribution >= 0.6 is 0 Å². The van der Waals surface area contributed by atoms with Crippen LogP contribution in [0.5, 0.6) is 0 Å². The van der Waals surface area contributed by atoms with Crippen LogP contribution in [0.1, 0.15) is 20.8 Å². The summed E-state index contributed by atoms with van der Waals surface area (Å²) in [4.78, 5) is 30.3. The van der Waals surface area contributed by atoms with Crippen molar-refractivity contribution in [3.05, 3.63) is 96.3 Å². The van der Waals surface area contributed by atoms with Gasteiger partial charge in [-0.15, -0.1) is 0 Å². The smallest absolute Gasteiger partial charge is 0.252 e. The average molecular weight is 326 g/mol. The molecule has 4 rings (SSSR count). The van der Waals surface area contributed by atoms with Gasteiger partial charge < -0.3 is 0 Å². The first-order valence-corrected chi connectivity index (χ1v) is 7.92. The maximum absolute atomic E-state index is 13.0. The summed E-state index contributed by atoms with van der Waals surface area (Å²) in [6.07, 6.45) is 1.75. The van der Waals surface area contributed by atoms with E-state index >= 15 is 0 Å². The van der Waals surface area contributed by atoms with Gasteiger partial charge in [-0.2, -0.15) is 0 Å². The van der Waals surface area contributed by atoms with Crippen LogP contribution in [0, 0.1) is 0 Å². The lowest BCUT2D eigenvalue weighted by Crippen LogP contribution is -2.17. The average Bonchev–Trinajstić information content (AvgIpc) is 3.08. The zero-order valence-corrected chi connectivity index (χ0v) is 13.3. The number of aromatic nitrogens is 2. The van der Waals surface area contributed by atoms with Crippen LogP contribution in [-0.4, -0.2) is 21.0 Å². The summed E-state index contributed by atoms with van der Waals surface area (Å²) in [5.41, 5.74) is 2.61. The van der Waals surface area contributed by atoms with E-state index in [9.17, 15) is 9.59 Å². The van der Waals surface area contributed by atoms with Gasteiger partial charge in [0.15, 0.2) is 0 Å². The van der Waals surface area contributed by atoms with Crippen LogP contribution in [0.15, 0.2) is 85.1 Å². The predicted octanol–water partition coefficient (Wildman–Crippen LogP) is 4.07. The fourth-order valence-corrected chi connectivity index (χ4v) is 2.84. The Morgan fingerprint density at radius 3 is 2.08 bits per heavy atom. The van der Waals surface area contributed by atoms with Gasteiger partial charge in [0.2, 0.25) is 5.78 Å². The van der Waals surface area contributed by atoms with Gasteiger partial charge in [-0.25, -0.2) is 4.98 Å². The molecule has 120 valence electrons. The molecular weight excluding hydrogens is 312 g/mol. The normalized spacial score (nSPS) is 10.7. The molecule has 0 aliphatic heterocycles. The molecule has 2 heterocycles. The molecule has 2 aromatic heterocycles. The van der Waals surface area contributed by atoms with Crippen molar-refractivity contribution in [2.75, 3.05) is 0 Å². The Kier molecular flexibility index (Phi) is 3.71. The summed E-state index contributed by atoms with van der Waals surface area (Å²) >= 11 is 0. The van der Waals surface area contributed by atoms with E-state index in [2.05, 4.69) is 4.98 Å². The number of Topliss-reactive ketones (excluding diaryl/α,β-unsaturated/α-hetero) is 2. The second-order valence-corrected chi connectivity index (χ2v) is 5.63. The van der Waals surface area contributed by atoms with Crippen LogP contribution in [0.4, 0.5) is 0 Å². The quantitative estimate of drug-likeness (QED) is 0.420. The van der Waals surface area contributed by atoms with Crippen molar-refractivity contribution in [3.8, 4) is 11.3 Å². The third kappa shape index (κ3) is 2.64. The number of carbonyl (C=O) groups excluding carboxylic acids is 2. The predicted molar refractivity (Wildman–Crippen MR) is 95.7 cm³/mol. The van der Waals surface area contributed by atoms with E-state index < -0.39 is 11.6 Å². The van der Waals surface area contributed by atoms with E-state index in [4.69, 9.17) is 0 Å². The van der Waals surface area contributed by atoms with E-state index in [0.29, 0.717) is 16.9 Å². The lowest BCUT2D eigenvalue weighted by atomic mass is 10.0. The van der Waals surface area contributed by atoms with Crippen molar-refractivity contribution in [3.63, 3.8) is 0 Å². The molecule has 0 amide bonds.